The van der Waals surface area contributed by atoms with E-state index in [1.54, 1.807) is 18.2 Å². The lowest BCUT2D eigenvalue weighted by Crippen LogP contribution is -2.17. The van der Waals surface area contributed by atoms with Gasteiger partial charge in [0.15, 0.2) is 11.5 Å². The fourth-order valence-electron chi connectivity index (χ4n) is 3.98. The van der Waals surface area contributed by atoms with Gasteiger partial charge in [-0.3, -0.25) is 4.79 Å². The van der Waals surface area contributed by atoms with Gasteiger partial charge < -0.3 is 28.2 Å². The van der Waals surface area contributed by atoms with Gasteiger partial charge >= 0.3 is 5.63 Å². The maximum absolute atomic E-state index is 13.5. The van der Waals surface area contributed by atoms with E-state index in [0.29, 0.717) is 45.6 Å². The molecule has 0 amide bonds. The van der Waals surface area contributed by atoms with Crippen LogP contribution >= 0.6 is 0 Å². The molecule has 0 bridgehead atoms. The van der Waals surface area contributed by atoms with Crippen LogP contribution in [0.15, 0.2) is 54.8 Å². The summed E-state index contributed by atoms with van der Waals surface area (Å²) in [5, 5.41) is 10.2. The van der Waals surface area contributed by atoms with E-state index in [-0.39, 0.29) is 34.2 Å². The standard InChI is InChI=1S/C23H18O8/c1-10(9-24)15-7-13-14(29-15)5-4-11-20(25)19-12-6-17(27-2)18(28-3)8-16(12)30-23(26)22(19)31-21(11)13/h4-6,8,15,24H,1,7,9H2,2-3H3. The summed E-state index contributed by atoms with van der Waals surface area (Å²) in [5.74, 6) is 1.27. The average Bonchev–Trinajstić information content (AvgIpc) is 3.23. The Morgan fingerprint density at radius 1 is 1.10 bits per heavy atom. The Morgan fingerprint density at radius 2 is 1.84 bits per heavy atom. The summed E-state index contributed by atoms with van der Waals surface area (Å²) in [6, 6.07) is 6.37. The molecule has 0 radical (unpaired) electrons. The monoisotopic (exact) mass is 422 g/mol. The fraction of sp³-hybridized carbons (Fsp3) is 0.217. The molecule has 8 nitrogen and oxygen atoms in total. The molecule has 1 N–H and O–H groups in total. The number of rotatable bonds is 4. The number of hydrogen-bond acceptors (Lipinski definition) is 8. The fourth-order valence-corrected chi connectivity index (χ4v) is 3.98. The van der Waals surface area contributed by atoms with Crippen molar-refractivity contribution in [2.45, 2.75) is 12.5 Å². The highest BCUT2D eigenvalue weighted by atomic mass is 16.5. The molecule has 158 valence electrons. The molecular formula is C23H18O8. The van der Waals surface area contributed by atoms with E-state index in [1.165, 1.54) is 20.3 Å². The van der Waals surface area contributed by atoms with Crippen LogP contribution < -0.4 is 25.3 Å². The molecule has 0 fully saturated rings. The third-order valence-electron chi connectivity index (χ3n) is 5.58. The van der Waals surface area contributed by atoms with Gasteiger partial charge in [0, 0.05) is 23.4 Å². The molecule has 0 saturated carbocycles. The molecule has 1 aliphatic rings. The summed E-state index contributed by atoms with van der Waals surface area (Å²) in [6.45, 7) is 3.59. The molecule has 1 atom stereocenters. The lowest BCUT2D eigenvalue weighted by atomic mass is 10.0. The van der Waals surface area contributed by atoms with Crippen LogP contribution in [0.5, 0.6) is 17.2 Å². The van der Waals surface area contributed by atoms with Crippen LogP contribution in [0, 0.1) is 0 Å². The van der Waals surface area contributed by atoms with E-state index in [4.69, 9.17) is 23.0 Å². The number of fused-ring (bicyclic) bond motifs is 6. The number of benzene rings is 2. The molecule has 2 aromatic heterocycles. The molecule has 0 spiro atoms. The zero-order chi connectivity index (χ0) is 21.9. The minimum atomic E-state index is -0.776. The van der Waals surface area contributed by atoms with E-state index in [0.717, 1.165) is 0 Å². The second kappa shape index (κ2) is 6.88. The van der Waals surface area contributed by atoms with Gasteiger partial charge in [-0.25, -0.2) is 4.79 Å². The van der Waals surface area contributed by atoms with E-state index in [2.05, 4.69) is 6.58 Å². The zero-order valence-corrected chi connectivity index (χ0v) is 16.8. The van der Waals surface area contributed by atoms with Crippen molar-refractivity contribution in [3.63, 3.8) is 0 Å². The zero-order valence-electron chi connectivity index (χ0n) is 16.8. The summed E-state index contributed by atoms with van der Waals surface area (Å²) < 4.78 is 27.8. The van der Waals surface area contributed by atoms with Crippen LogP contribution in [0.3, 0.4) is 0 Å². The number of aliphatic hydroxyl groups excluding tert-OH is 1. The third-order valence-corrected chi connectivity index (χ3v) is 5.58. The van der Waals surface area contributed by atoms with Crippen LogP contribution in [0.25, 0.3) is 32.9 Å². The number of hydrogen-bond donors (Lipinski definition) is 1. The Bertz CT molecular complexity index is 1510. The molecule has 5 rings (SSSR count). The van der Waals surface area contributed by atoms with Crippen molar-refractivity contribution in [1.29, 1.82) is 0 Å². The van der Waals surface area contributed by atoms with Gasteiger partial charge in [0.25, 0.3) is 0 Å². The number of ether oxygens (including phenoxy) is 3. The second-order valence-corrected chi connectivity index (χ2v) is 7.27. The Kier molecular flexibility index (Phi) is 4.26. The highest BCUT2D eigenvalue weighted by Crippen LogP contribution is 2.38. The highest BCUT2D eigenvalue weighted by molar-refractivity contribution is 6.06. The summed E-state index contributed by atoms with van der Waals surface area (Å²) >= 11 is 0. The van der Waals surface area contributed by atoms with Crippen molar-refractivity contribution in [2.75, 3.05) is 20.8 Å². The van der Waals surface area contributed by atoms with Crippen molar-refractivity contribution in [2.24, 2.45) is 0 Å². The Labute approximate surface area is 174 Å². The first kappa shape index (κ1) is 19.2. The van der Waals surface area contributed by atoms with Gasteiger partial charge in [0.2, 0.25) is 11.0 Å². The smallest absolute Gasteiger partial charge is 0.380 e. The van der Waals surface area contributed by atoms with Gasteiger partial charge in [-0.05, 0) is 23.8 Å². The Morgan fingerprint density at radius 3 is 2.55 bits per heavy atom. The first-order valence-electron chi connectivity index (χ1n) is 9.53. The SMILES string of the molecule is C=C(CO)C1Cc2c(ccc3c(=O)c4c(oc23)c(=O)oc2cc(OC)c(OC)cc24)O1. The van der Waals surface area contributed by atoms with Crippen molar-refractivity contribution < 1.29 is 28.2 Å². The third kappa shape index (κ3) is 2.72. The first-order valence-corrected chi connectivity index (χ1v) is 9.53. The predicted molar refractivity (Wildman–Crippen MR) is 113 cm³/mol. The van der Waals surface area contributed by atoms with Crippen LogP contribution in [0.4, 0.5) is 0 Å². The maximum atomic E-state index is 13.5. The summed E-state index contributed by atoms with van der Waals surface area (Å²) in [7, 11) is 2.94. The molecular weight excluding hydrogens is 404 g/mol. The molecule has 1 unspecified atom stereocenters. The van der Waals surface area contributed by atoms with Crippen LogP contribution in [-0.4, -0.2) is 32.0 Å². The van der Waals surface area contributed by atoms with Gasteiger partial charge in [-0.2, -0.15) is 0 Å². The van der Waals surface area contributed by atoms with Crippen LogP contribution in [0.2, 0.25) is 0 Å². The molecule has 31 heavy (non-hydrogen) atoms. The summed E-state index contributed by atoms with van der Waals surface area (Å²) in [4.78, 5) is 26.2. The van der Waals surface area contributed by atoms with Gasteiger partial charge in [-0.1, -0.05) is 6.58 Å². The first-order chi connectivity index (χ1) is 15.0. The second-order valence-electron chi connectivity index (χ2n) is 7.27. The van der Waals surface area contributed by atoms with E-state index >= 15 is 0 Å². The lowest BCUT2D eigenvalue weighted by Gasteiger charge is -2.10. The van der Waals surface area contributed by atoms with Gasteiger partial charge in [0.1, 0.15) is 23.0 Å². The molecule has 8 heteroatoms. The number of aliphatic hydroxyl groups is 1. The molecule has 0 saturated heterocycles. The summed E-state index contributed by atoms with van der Waals surface area (Å²) in [5.41, 5.74) is 0.271. The van der Waals surface area contributed by atoms with E-state index < -0.39 is 11.7 Å². The van der Waals surface area contributed by atoms with Gasteiger partial charge in [-0.15, -0.1) is 0 Å². The predicted octanol–water partition coefficient (Wildman–Crippen LogP) is 2.92. The van der Waals surface area contributed by atoms with Crippen molar-refractivity contribution in [3.8, 4) is 17.2 Å². The lowest BCUT2D eigenvalue weighted by molar-refractivity contribution is 0.234. The van der Waals surface area contributed by atoms with Crippen molar-refractivity contribution in [3.05, 3.63) is 62.6 Å². The Balaban J connectivity index is 1.86. The minimum Gasteiger partial charge on any atom is -0.493 e. The van der Waals surface area contributed by atoms with Crippen molar-refractivity contribution >= 4 is 32.9 Å². The van der Waals surface area contributed by atoms with Crippen molar-refractivity contribution in [1.82, 2.24) is 0 Å². The van der Waals surface area contributed by atoms with Crippen LogP contribution in [-0.2, 0) is 6.42 Å². The molecule has 1 aliphatic heterocycles. The van der Waals surface area contributed by atoms with Gasteiger partial charge in [0.05, 0.1) is 31.6 Å². The molecule has 2 aromatic carbocycles. The maximum Gasteiger partial charge on any atom is 0.380 e. The number of methoxy groups -OCH3 is 2. The van der Waals surface area contributed by atoms with E-state index in [9.17, 15) is 14.7 Å². The minimum absolute atomic E-state index is 0.106. The largest absolute Gasteiger partial charge is 0.493 e. The molecule has 3 heterocycles. The Hall–Kier alpha value is -3.78. The van der Waals surface area contributed by atoms with Crippen LogP contribution in [0.1, 0.15) is 5.56 Å². The average molecular weight is 422 g/mol. The highest BCUT2D eigenvalue weighted by Gasteiger charge is 2.29. The molecule has 0 aliphatic carbocycles. The summed E-state index contributed by atoms with van der Waals surface area (Å²) in [6.07, 6.45) is -0.0684. The topological polar surface area (TPSA) is 108 Å². The molecule has 4 aromatic rings. The normalized spacial score (nSPS) is 15.3. The van der Waals surface area contributed by atoms with E-state index in [1.807, 2.05) is 0 Å². The quantitative estimate of drug-likeness (QED) is 0.231.